The molecule has 10 rings (SSSR count). The summed E-state index contributed by atoms with van der Waals surface area (Å²) in [5.74, 6) is 0.576. The Kier molecular flexibility index (Phi) is 5.25. The van der Waals surface area contributed by atoms with Crippen molar-refractivity contribution in [2.24, 2.45) is 0 Å². The van der Waals surface area contributed by atoms with E-state index >= 15 is 0 Å². The van der Waals surface area contributed by atoms with Gasteiger partial charge in [-0.25, -0.2) is 9.97 Å². The standard InChI is InChI=1S/C41H23N5O/c42-24-25-21-22-36-31(23-25)28-13-3-6-16-32(28)45(36)35-19-9-4-14-29(35)38-40-39(30-15-5-10-20-37(30)47-40)44-41(43-38)46-33-17-7-1-11-26(33)27-12-2-8-18-34(27)46/h1-23H. The van der Waals surface area contributed by atoms with E-state index in [1.165, 1.54) is 0 Å². The summed E-state index contributed by atoms with van der Waals surface area (Å²) in [6.07, 6.45) is 0. The van der Waals surface area contributed by atoms with Crippen molar-refractivity contribution in [3.63, 3.8) is 0 Å². The summed E-state index contributed by atoms with van der Waals surface area (Å²) in [4.78, 5) is 10.6. The number of rotatable bonds is 3. The number of nitriles is 1. The maximum atomic E-state index is 9.70. The second-order valence-electron chi connectivity index (χ2n) is 11.7. The molecule has 4 heterocycles. The molecular weight excluding hydrogens is 578 g/mol. The fourth-order valence-corrected chi connectivity index (χ4v) is 7.17. The Morgan fingerprint density at radius 3 is 1.83 bits per heavy atom. The summed E-state index contributed by atoms with van der Waals surface area (Å²) in [7, 11) is 0. The lowest BCUT2D eigenvalue weighted by Gasteiger charge is -2.15. The van der Waals surface area contributed by atoms with Gasteiger partial charge in [-0.15, -0.1) is 0 Å². The second-order valence-corrected chi connectivity index (χ2v) is 11.7. The Labute approximate surface area is 268 Å². The molecule has 6 heteroatoms. The zero-order valence-corrected chi connectivity index (χ0v) is 24.9. The van der Waals surface area contributed by atoms with Crippen LogP contribution in [0.1, 0.15) is 5.56 Å². The first kappa shape index (κ1) is 25.6. The average molecular weight is 602 g/mol. The average Bonchev–Trinajstić information content (AvgIpc) is 3.79. The van der Waals surface area contributed by atoms with Crippen LogP contribution in [0.15, 0.2) is 144 Å². The first-order valence-electron chi connectivity index (χ1n) is 15.5. The van der Waals surface area contributed by atoms with Gasteiger partial charge in [-0.05, 0) is 54.6 Å². The Hall–Kier alpha value is -6.71. The summed E-state index contributed by atoms with van der Waals surface area (Å²) < 4.78 is 11.0. The second kappa shape index (κ2) is 9.64. The highest BCUT2D eigenvalue weighted by atomic mass is 16.3. The zero-order chi connectivity index (χ0) is 31.1. The van der Waals surface area contributed by atoms with Gasteiger partial charge in [0.1, 0.15) is 16.8 Å². The molecule has 4 aromatic heterocycles. The van der Waals surface area contributed by atoms with Crippen molar-refractivity contribution in [3.05, 3.63) is 145 Å². The molecule has 0 saturated heterocycles. The number of para-hydroxylation sites is 5. The van der Waals surface area contributed by atoms with E-state index in [2.05, 4.69) is 94.1 Å². The molecule has 0 spiro atoms. The highest BCUT2D eigenvalue weighted by molar-refractivity contribution is 6.12. The van der Waals surface area contributed by atoms with Crippen molar-refractivity contribution in [2.75, 3.05) is 0 Å². The molecule has 0 unspecified atom stereocenters. The number of hydrogen-bond acceptors (Lipinski definition) is 4. The van der Waals surface area contributed by atoms with E-state index < -0.39 is 0 Å². The van der Waals surface area contributed by atoms with Crippen LogP contribution in [-0.4, -0.2) is 19.1 Å². The molecule has 0 amide bonds. The minimum absolute atomic E-state index is 0.576. The minimum atomic E-state index is 0.576. The fraction of sp³-hybridized carbons (Fsp3) is 0. The van der Waals surface area contributed by atoms with Gasteiger partial charge in [0.2, 0.25) is 5.95 Å². The first-order valence-corrected chi connectivity index (χ1v) is 15.5. The van der Waals surface area contributed by atoms with E-state index in [1.807, 2.05) is 60.7 Å². The van der Waals surface area contributed by atoms with Gasteiger partial charge in [0.25, 0.3) is 0 Å². The predicted molar refractivity (Wildman–Crippen MR) is 188 cm³/mol. The Morgan fingerprint density at radius 2 is 1.11 bits per heavy atom. The monoisotopic (exact) mass is 601 g/mol. The van der Waals surface area contributed by atoms with Crippen molar-refractivity contribution >= 4 is 65.7 Å². The van der Waals surface area contributed by atoms with Crippen LogP contribution >= 0.6 is 0 Å². The van der Waals surface area contributed by atoms with E-state index in [4.69, 9.17) is 14.4 Å². The lowest BCUT2D eigenvalue weighted by Crippen LogP contribution is -2.04. The molecule has 0 aliphatic rings. The summed E-state index contributed by atoms with van der Waals surface area (Å²) >= 11 is 0. The smallest absolute Gasteiger partial charge is 0.236 e. The number of fused-ring (bicyclic) bond motifs is 9. The van der Waals surface area contributed by atoms with Crippen LogP contribution in [0.25, 0.3) is 88.6 Å². The largest absolute Gasteiger partial charge is 0.452 e. The topological polar surface area (TPSA) is 72.6 Å². The maximum Gasteiger partial charge on any atom is 0.236 e. The van der Waals surface area contributed by atoms with Crippen molar-refractivity contribution in [3.8, 4) is 29.0 Å². The molecule has 0 aliphatic carbocycles. The molecule has 0 saturated carbocycles. The molecule has 218 valence electrons. The number of furan rings is 1. The van der Waals surface area contributed by atoms with Crippen molar-refractivity contribution in [2.45, 2.75) is 0 Å². The lowest BCUT2D eigenvalue weighted by molar-refractivity contribution is 0.666. The maximum absolute atomic E-state index is 9.70. The van der Waals surface area contributed by atoms with Gasteiger partial charge in [0.15, 0.2) is 5.58 Å². The Balaban J connectivity index is 1.34. The molecule has 10 aromatic rings. The van der Waals surface area contributed by atoms with Gasteiger partial charge in [-0.3, -0.25) is 4.57 Å². The number of aromatic nitrogens is 4. The van der Waals surface area contributed by atoms with Gasteiger partial charge in [-0.2, -0.15) is 5.26 Å². The van der Waals surface area contributed by atoms with Crippen molar-refractivity contribution in [1.82, 2.24) is 19.1 Å². The molecular formula is C41H23N5O. The highest BCUT2D eigenvalue weighted by Crippen LogP contribution is 2.41. The lowest BCUT2D eigenvalue weighted by atomic mass is 10.1. The molecule has 0 bridgehead atoms. The van der Waals surface area contributed by atoms with Gasteiger partial charge in [0, 0.05) is 32.5 Å². The minimum Gasteiger partial charge on any atom is -0.452 e. The first-order chi connectivity index (χ1) is 23.3. The SMILES string of the molecule is N#Cc1ccc2c(c1)c1ccccc1n2-c1ccccc1-c1nc(-n2c3ccccc3c3ccccc32)nc2c1oc1ccccc12. The molecule has 0 fully saturated rings. The quantitative estimate of drug-likeness (QED) is 0.202. The van der Waals surface area contributed by atoms with Crippen LogP contribution in [-0.2, 0) is 0 Å². The molecule has 0 aliphatic heterocycles. The third kappa shape index (κ3) is 3.59. The third-order valence-electron chi connectivity index (χ3n) is 9.19. The summed E-state index contributed by atoms with van der Waals surface area (Å²) in [6.45, 7) is 0. The van der Waals surface area contributed by atoms with Crippen LogP contribution in [0, 0.1) is 11.3 Å². The number of nitrogens with zero attached hydrogens (tertiary/aromatic N) is 5. The summed E-state index contributed by atoms with van der Waals surface area (Å²) in [6, 6.07) is 49.6. The van der Waals surface area contributed by atoms with Crippen LogP contribution in [0.5, 0.6) is 0 Å². The van der Waals surface area contributed by atoms with Gasteiger partial charge in [-0.1, -0.05) is 84.9 Å². The van der Waals surface area contributed by atoms with Crippen molar-refractivity contribution in [1.29, 1.82) is 5.26 Å². The van der Waals surface area contributed by atoms with Gasteiger partial charge in [0.05, 0.1) is 39.4 Å². The molecule has 6 nitrogen and oxygen atoms in total. The van der Waals surface area contributed by atoms with E-state index in [-0.39, 0.29) is 0 Å². The predicted octanol–water partition coefficient (Wildman–Crippen LogP) is 10.1. The van der Waals surface area contributed by atoms with Crippen molar-refractivity contribution < 1.29 is 4.42 Å². The number of benzene rings is 6. The highest BCUT2D eigenvalue weighted by Gasteiger charge is 2.23. The normalized spacial score (nSPS) is 11.8. The Morgan fingerprint density at radius 1 is 0.532 bits per heavy atom. The van der Waals surface area contributed by atoms with Crippen LogP contribution in [0.4, 0.5) is 0 Å². The molecule has 47 heavy (non-hydrogen) atoms. The van der Waals surface area contributed by atoms with E-state index in [0.29, 0.717) is 22.8 Å². The van der Waals surface area contributed by atoms with E-state index in [0.717, 1.165) is 71.3 Å². The van der Waals surface area contributed by atoms with Gasteiger partial charge >= 0.3 is 0 Å². The molecule has 6 aromatic carbocycles. The molecule has 0 atom stereocenters. The Bertz CT molecular complexity index is 2880. The number of hydrogen-bond donors (Lipinski definition) is 0. The van der Waals surface area contributed by atoms with E-state index in [1.54, 1.807) is 0 Å². The summed E-state index contributed by atoms with van der Waals surface area (Å²) in [5, 5.41) is 15.0. The van der Waals surface area contributed by atoms with E-state index in [9.17, 15) is 5.26 Å². The van der Waals surface area contributed by atoms with Crippen LogP contribution in [0.3, 0.4) is 0 Å². The molecule has 0 N–H and O–H groups in total. The van der Waals surface area contributed by atoms with Gasteiger partial charge < -0.3 is 8.98 Å². The molecule has 0 radical (unpaired) electrons. The van der Waals surface area contributed by atoms with Crippen LogP contribution in [0.2, 0.25) is 0 Å². The third-order valence-corrected chi connectivity index (χ3v) is 9.19. The summed E-state index contributed by atoms with van der Waals surface area (Å²) in [5.41, 5.74) is 9.49. The fourth-order valence-electron chi connectivity index (χ4n) is 7.17. The zero-order valence-electron chi connectivity index (χ0n) is 24.9. The van der Waals surface area contributed by atoms with Crippen LogP contribution < -0.4 is 0 Å².